The molecule has 1 unspecified atom stereocenters. The average Bonchev–Trinajstić information content (AvgIpc) is 3.35. The van der Waals surface area contributed by atoms with Gasteiger partial charge in [-0.05, 0) is 42.4 Å². The van der Waals surface area contributed by atoms with E-state index in [0.717, 1.165) is 30.4 Å². The van der Waals surface area contributed by atoms with Crippen LogP contribution in [0.25, 0.3) is 17.1 Å². The topological polar surface area (TPSA) is 137 Å². The Morgan fingerprint density at radius 1 is 1.31 bits per heavy atom. The predicted octanol–water partition coefficient (Wildman–Crippen LogP) is 2.28. The van der Waals surface area contributed by atoms with Gasteiger partial charge in [-0.2, -0.15) is 9.78 Å². The molecule has 0 bridgehead atoms. The van der Waals surface area contributed by atoms with E-state index in [-0.39, 0.29) is 17.3 Å². The number of carbonyl (C=O) groups excluding carboxylic acids is 1. The van der Waals surface area contributed by atoms with Gasteiger partial charge in [0.1, 0.15) is 5.69 Å². The lowest BCUT2D eigenvalue weighted by Gasteiger charge is -2.11. The molecule has 148 valence electrons. The molecule has 0 spiro atoms. The summed E-state index contributed by atoms with van der Waals surface area (Å²) >= 11 is 0. The van der Waals surface area contributed by atoms with Crippen molar-refractivity contribution in [1.82, 2.24) is 30.7 Å². The Hall–Kier alpha value is -3.82. The van der Waals surface area contributed by atoms with E-state index < -0.39 is 5.91 Å². The van der Waals surface area contributed by atoms with Crippen LogP contribution < -0.4 is 11.2 Å². The fraction of sp³-hybridized carbons (Fsp3) is 0.263. The molecule has 10 nitrogen and oxygen atoms in total. The highest BCUT2D eigenvalue weighted by molar-refractivity contribution is 5.98. The maximum Gasteiger partial charge on any atom is 0.294 e. The van der Waals surface area contributed by atoms with Gasteiger partial charge in [0.15, 0.2) is 5.69 Å². The zero-order chi connectivity index (χ0) is 20.2. The molecule has 0 saturated heterocycles. The third-order valence-electron chi connectivity index (χ3n) is 4.67. The van der Waals surface area contributed by atoms with Crippen LogP contribution in [0.1, 0.15) is 35.3 Å². The number of nitrogens with zero attached hydrogens (tertiary/aromatic N) is 6. The number of hydrazone groups is 1. The summed E-state index contributed by atoms with van der Waals surface area (Å²) in [5.74, 6) is 0.0289. The standard InChI is InChI=1S/C19H20N8O2/c1-12-7-9-14(10-8-12)16-15(22-26-27(16)18-17(20)24-29-25-18)19(28)23-21-11-13-5-3-2-4-6-13/h2-3,7-11,13H,4-6H2,1H3,(H2,20,24)(H,23,28). The van der Waals surface area contributed by atoms with Crippen LogP contribution in [0.3, 0.4) is 0 Å². The van der Waals surface area contributed by atoms with E-state index in [1.165, 1.54) is 4.68 Å². The van der Waals surface area contributed by atoms with Gasteiger partial charge in [-0.3, -0.25) is 4.79 Å². The number of allylic oxidation sites excluding steroid dienone is 2. The van der Waals surface area contributed by atoms with Crippen LogP contribution in [0.2, 0.25) is 0 Å². The highest BCUT2D eigenvalue weighted by Crippen LogP contribution is 2.26. The van der Waals surface area contributed by atoms with Crippen molar-refractivity contribution in [1.29, 1.82) is 0 Å². The van der Waals surface area contributed by atoms with Crippen LogP contribution in [0.4, 0.5) is 5.82 Å². The van der Waals surface area contributed by atoms with Crippen molar-refractivity contribution in [2.45, 2.75) is 26.2 Å². The number of nitrogens with two attached hydrogens (primary N) is 1. The normalized spacial score (nSPS) is 16.4. The number of rotatable bonds is 5. The number of hydrogen-bond donors (Lipinski definition) is 2. The molecule has 1 aliphatic carbocycles. The fourth-order valence-corrected chi connectivity index (χ4v) is 3.10. The van der Waals surface area contributed by atoms with E-state index in [1.54, 1.807) is 6.21 Å². The number of aryl methyl sites for hydroxylation is 1. The van der Waals surface area contributed by atoms with E-state index in [4.69, 9.17) is 5.73 Å². The largest absolute Gasteiger partial charge is 0.378 e. The van der Waals surface area contributed by atoms with Crippen molar-refractivity contribution < 1.29 is 9.42 Å². The van der Waals surface area contributed by atoms with Crippen molar-refractivity contribution in [2.24, 2.45) is 11.0 Å². The molecule has 2 heterocycles. The zero-order valence-electron chi connectivity index (χ0n) is 15.8. The first kappa shape index (κ1) is 18.5. The molecule has 1 atom stereocenters. The molecule has 3 aromatic rings. The molecule has 1 aliphatic rings. The maximum atomic E-state index is 12.8. The summed E-state index contributed by atoms with van der Waals surface area (Å²) < 4.78 is 6.00. The van der Waals surface area contributed by atoms with Crippen LogP contribution in [0.5, 0.6) is 0 Å². The molecule has 0 fully saturated rings. The molecule has 0 radical (unpaired) electrons. The number of nitrogens with one attached hydrogen (secondary N) is 1. The number of benzene rings is 1. The number of hydrogen-bond acceptors (Lipinski definition) is 8. The smallest absolute Gasteiger partial charge is 0.294 e. The first-order chi connectivity index (χ1) is 14.1. The van der Waals surface area contributed by atoms with E-state index >= 15 is 0 Å². The SMILES string of the molecule is Cc1ccc(-c2c(C(=O)NN=CC3CC=CCC3)nnn2-c2nonc2N)cc1. The van der Waals surface area contributed by atoms with Gasteiger partial charge < -0.3 is 5.73 Å². The van der Waals surface area contributed by atoms with Gasteiger partial charge in [0.05, 0.1) is 0 Å². The molecule has 2 aromatic heterocycles. The zero-order valence-corrected chi connectivity index (χ0v) is 15.8. The van der Waals surface area contributed by atoms with E-state index in [2.05, 4.69) is 47.9 Å². The van der Waals surface area contributed by atoms with Gasteiger partial charge in [0.2, 0.25) is 11.6 Å². The number of carbonyl (C=O) groups is 1. The van der Waals surface area contributed by atoms with Crippen molar-refractivity contribution >= 4 is 17.9 Å². The highest BCUT2D eigenvalue weighted by atomic mass is 16.6. The van der Waals surface area contributed by atoms with Crippen molar-refractivity contribution in [3.8, 4) is 17.1 Å². The van der Waals surface area contributed by atoms with Gasteiger partial charge in [0, 0.05) is 11.8 Å². The Labute approximate surface area is 166 Å². The Bertz CT molecular complexity index is 1060. The van der Waals surface area contributed by atoms with Crippen LogP contribution in [-0.2, 0) is 0 Å². The molecular weight excluding hydrogens is 372 g/mol. The highest BCUT2D eigenvalue weighted by Gasteiger charge is 2.25. The average molecular weight is 392 g/mol. The summed E-state index contributed by atoms with van der Waals surface area (Å²) in [5.41, 5.74) is 10.7. The van der Waals surface area contributed by atoms with E-state index in [9.17, 15) is 4.79 Å². The summed E-state index contributed by atoms with van der Waals surface area (Å²) in [5, 5.41) is 19.5. The lowest BCUT2D eigenvalue weighted by Crippen LogP contribution is -2.20. The quantitative estimate of drug-likeness (QED) is 0.386. The first-order valence-corrected chi connectivity index (χ1v) is 9.23. The van der Waals surface area contributed by atoms with Crippen molar-refractivity contribution in [2.75, 3.05) is 5.73 Å². The third kappa shape index (κ3) is 3.91. The minimum absolute atomic E-state index is 0.0404. The van der Waals surface area contributed by atoms with Gasteiger partial charge in [0.25, 0.3) is 5.91 Å². The Morgan fingerprint density at radius 3 is 2.83 bits per heavy atom. The van der Waals surface area contributed by atoms with Crippen molar-refractivity contribution in [3.63, 3.8) is 0 Å². The lowest BCUT2D eigenvalue weighted by atomic mass is 9.96. The van der Waals surface area contributed by atoms with Gasteiger partial charge in [-0.1, -0.05) is 47.2 Å². The first-order valence-electron chi connectivity index (χ1n) is 9.23. The summed E-state index contributed by atoms with van der Waals surface area (Å²) in [6, 6.07) is 7.58. The fourth-order valence-electron chi connectivity index (χ4n) is 3.10. The maximum absolute atomic E-state index is 12.8. The molecule has 1 aromatic carbocycles. The second-order valence-corrected chi connectivity index (χ2v) is 6.80. The number of amides is 1. The van der Waals surface area contributed by atoms with Crippen LogP contribution in [0.15, 0.2) is 46.1 Å². The molecular formula is C19H20N8O2. The summed E-state index contributed by atoms with van der Waals surface area (Å²) in [4.78, 5) is 12.8. The van der Waals surface area contributed by atoms with Crippen LogP contribution >= 0.6 is 0 Å². The predicted molar refractivity (Wildman–Crippen MR) is 106 cm³/mol. The molecule has 10 heteroatoms. The molecule has 0 saturated carbocycles. The lowest BCUT2D eigenvalue weighted by molar-refractivity contribution is 0.0950. The third-order valence-corrected chi connectivity index (χ3v) is 4.67. The Balaban J connectivity index is 1.65. The van der Waals surface area contributed by atoms with Gasteiger partial charge in [-0.25, -0.2) is 10.1 Å². The number of anilines is 1. The summed E-state index contributed by atoms with van der Waals surface area (Å²) in [6.07, 6.45) is 8.99. The molecule has 29 heavy (non-hydrogen) atoms. The van der Waals surface area contributed by atoms with Gasteiger partial charge >= 0.3 is 0 Å². The Morgan fingerprint density at radius 2 is 2.14 bits per heavy atom. The molecule has 1 amide bonds. The molecule has 4 rings (SSSR count). The Kier molecular flexibility index (Phi) is 5.14. The number of nitrogen functional groups attached to an aromatic ring is 1. The summed E-state index contributed by atoms with van der Waals surface area (Å²) in [6.45, 7) is 1.97. The van der Waals surface area contributed by atoms with Crippen molar-refractivity contribution in [3.05, 3.63) is 47.7 Å². The second kappa shape index (κ2) is 8.05. The van der Waals surface area contributed by atoms with Gasteiger partial charge in [-0.15, -0.1) is 5.10 Å². The van der Waals surface area contributed by atoms with E-state index in [0.29, 0.717) is 11.6 Å². The summed E-state index contributed by atoms with van der Waals surface area (Å²) in [7, 11) is 0. The number of aromatic nitrogens is 5. The van der Waals surface area contributed by atoms with E-state index in [1.807, 2.05) is 31.2 Å². The second-order valence-electron chi connectivity index (χ2n) is 6.80. The minimum atomic E-state index is -0.482. The monoisotopic (exact) mass is 392 g/mol. The van der Waals surface area contributed by atoms with Crippen LogP contribution in [-0.4, -0.2) is 37.4 Å². The molecule has 3 N–H and O–H groups in total. The molecule has 0 aliphatic heterocycles. The minimum Gasteiger partial charge on any atom is -0.378 e. The van der Waals surface area contributed by atoms with Crippen LogP contribution in [0, 0.1) is 12.8 Å².